The van der Waals surface area contributed by atoms with Crippen molar-refractivity contribution in [3.8, 4) is 0 Å². The number of halogens is 1. The Hall–Kier alpha value is -1.09. The Morgan fingerprint density at radius 3 is 2.78 bits per heavy atom. The van der Waals surface area contributed by atoms with Crippen LogP contribution in [0.1, 0.15) is 38.2 Å². The second-order valence-electron chi connectivity index (χ2n) is 5.98. The molecule has 2 nitrogen and oxygen atoms in total. The summed E-state index contributed by atoms with van der Waals surface area (Å²) in [5.74, 6) is -0.0263. The van der Waals surface area contributed by atoms with Crippen molar-refractivity contribution in [2.75, 3.05) is 18.0 Å². The van der Waals surface area contributed by atoms with Gasteiger partial charge in [-0.1, -0.05) is 18.9 Å². The second-order valence-corrected chi connectivity index (χ2v) is 5.98. The van der Waals surface area contributed by atoms with E-state index in [4.69, 9.17) is 5.73 Å². The van der Waals surface area contributed by atoms with Gasteiger partial charge >= 0.3 is 0 Å². The summed E-state index contributed by atoms with van der Waals surface area (Å²) in [5.41, 5.74) is 8.02. The molecule has 3 heteroatoms. The lowest BCUT2D eigenvalue weighted by molar-refractivity contribution is 0.441. The fourth-order valence-corrected chi connectivity index (χ4v) is 3.80. The lowest BCUT2D eigenvalue weighted by Crippen LogP contribution is -2.38. The molecule has 0 unspecified atom stereocenters. The van der Waals surface area contributed by atoms with Gasteiger partial charge in [-0.15, -0.1) is 0 Å². The maximum absolute atomic E-state index is 14.2. The number of nitrogens with two attached hydrogens (primary N) is 1. The third kappa shape index (κ3) is 1.72. The molecule has 1 atom stereocenters. The van der Waals surface area contributed by atoms with E-state index in [0.717, 1.165) is 37.2 Å². The van der Waals surface area contributed by atoms with Crippen LogP contribution in [-0.4, -0.2) is 19.1 Å². The van der Waals surface area contributed by atoms with Crippen LogP contribution < -0.4 is 10.6 Å². The summed E-state index contributed by atoms with van der Waals surface area (Å²) < 4.78 is 14.2. The molecule has 1 aromatic rings. The first-order valence-corrected chi connectivity index (χ1v) is 6.92. The summed E-state index contributed by atoms with van der Waals surface area (Å²) in [5, 5.41) is 0. The van der Waals surface area contributed by atoms with E-state index in [-0.39, 0.29) is 17.3 Å². The Morgan fingerprint density at radius 1 is 1.39 bits per heavy atom. The van der Waals surface area contributed by atoms with E-state index in [1.54, 1.807) is 6.07 Å². The summed E-state index contributed by atoms with van der Waals surface area (Å²) in [7, 11) is 0. The number of hydrogen-bond donors (Lipinski definition) is 1. The van der Waals surface area contributed by atoms with Gasteiger partial charge in [-0.25, -0.2) is 4.39 Å². The maximum Gasteiger partial charge on any atom is 0.129 e. The van der Waals surface area contributed by atoms with Crippen molar-refractivity contribution in [1.29, 1.82) is 0 Å². The molecule has 0 saturated heterocycles. The molecule has 1 saturated carbocycles. The fourth-order valence-electron chi connectivity index (χ4n) is 3.80. The highest BCUT2D eigenvalue weighted by Crippen LogP contribution is 2.51. The van der Waals surface area contributed by atoms with Gasteiger partial charge in [0, 0.05) is 35.8 Å². The van der Waals surface area contributed by atoms with Gasteiger partial charge in [0.05, 0.1) is 0 Å². The lowest BCUT2D eigenvalue weighted by atomic mass is 9.80. The van der Waals surface area contributed by atoms with Gasteiger partial charge in [-0.2, -0.15) is 0 Å². The predicted octanol–water partition coefficient (Wildman–Crippen LogP) is 2.80. The van der Waals surface area contributed by atoms with Crippen molar-refractivity contribution in [2.24, 2.45) is 5.73 Å². The van der Waals surface area contributed by atoms with E-state index in [2.05, 4.69) is 4.90 Å². The second kappa shape index (κ2) is 4.23. The van der Waals surface area contributed by atoms with E-state index in [0.29, 0.717) is 0 Å². The van der Waals surface area contributed by atoms with Crippen LogP contribution in [0.25, 0.3) is 0 Å². The SMILES string of the molecule is C[C@H](N)CN1CC2(CCCC2)c2c(F)cccc21. The number of nitrogens with zero attached hydrogens (tertiary/aromatic N) is 1. The van der Waals surface area contributed by atoms with Gasteiger partial charge in [0.25, 0.3) is 0 Å². The zero-order valence-electron chi connectivity index (χ0n) is 11.0. The summed E-state index contributed by atoms with van der Waals surface area (Å²) >= 11 is 0. The quantitative estimate of drug-likeness (QED) is 0.872. The standard InChI is InChI=1S/C15H21FN2/c1-11(17)9-18-10-15(7-2-3-8-15)14-12(16)5-4-6-13(14)18/h4-6,11H,2-3,7-10,17H2,1H3/t11-/m0/s1. The van der Waals surface area contributed by atoms with Crippen LogP contribution in [0.3, 0.4) is 0 Å². The van der Waals surface area contributed by atoms with Crippen LogP contribution in [0, 0.1) is 5.82 Å². The summed E-state index contributed by atoms with van der Waals surface area (Å²) in [4.78, 5) is 2.29. The molecule has 0 radical (unpaired) electrons. The molecule has 18 heavy (non-hydrogen) atoms. The monoisotopic (exact) mass is 248 g/mol. The Balaban J connectivity index is 2.04. The molecule has 0 aromatic heterocycles. The van der Waals surface area contributed by atoms with Gasteiger partial charge in [0.2, 0.25) is 0 Å². The van der Waals surface area contributed by atoms with Crippen LogP contribution in [0.5, 0.6) is 0 Å². The molecular formula is C15H21FN2. The molecule has 3 rings (SSSR count). The van der Waals surface area contributed by atoms with Crippen LogP contribution >= 0.6 is 0 Å². The molecular weight excluding hydrogens is 227 g/mol. The third-order valence-electron chi connectivity index (χ3n) is 4.43. The van der Waals surface area contributed by atoms with E-state index in [1.165, 1.54) is 12.8 Å². The highest BCUT2D eigenvalue weighted by Gasteiger charge is 2.46. The highest BCUT2D eigenvalue weighted by atomic mass is 19.1. The minimum Gasteiger partial charge on any atom is -0.369 e. The van der Waals surface area contributed by atoms with Crippen molar-refractivity contribution >= 4 is 5.69 Å². The van der Waals surface area contributed by atoms with Crippen molar-refractivity contribution in [1.82, 2.24) is 0 Å². The average Bonchev–Trinajstić information content (AvgIpc) is 2.87. The molecule has 1 spiro atoms. The number of hydrogen-bond acceptors (Lipinski definition) is 2. The topological polar surface area (TPSA) is 29.3 Å². The first-order valence-electron chi connectivity index (χ1n) is 6.92. The van der Waals surface area contributed by atoms with Gasteiger partial charge in [0.15, 0.2) is 0 Å². The van der Waals surface area contributed by atoms with Gasteiger partial charge in [0.1, 0.15) is 5.82 Å². The molecule has 2 N–H and O–H groups in total. The first kappa shape index (κ1) is 12.0. The van der Waals surface area contributed by atoms with Crippen LogP contribution in [0.2, 0.25) is 0 Å². The maximum atomic E-state index is 14.2. The largest absolute Gasteiger partial charge is 0.369 e. The highest BCUT2D eigenvalue weighted by molar-refractivity contribution is 5.63. The Bertz CT molecular complexity index is 450. The van der Waals surface area contributed by atoms with Crippen LogP contribution in [0.15, 0.2) is 18.2 Å². The number of anilines is 1. The summed E-state index contributed by atoms with van der Waals surface area (Å²) in [6.07, 6.45) is 4.69. The van der Waals surface area contributed by atoms with E-state index in [1.807, 2.05) is 19.1 Å². The first-order chi connectivity index (χ1) is 8.62. The number of benzene rings is 1. The van der Waals surface area contributed by atoms with Gasteiger partial charge in [-0.05, 0) is 31.9 Å². The van der Waals surface area contributed by atoms with Gasteiger partial charge < -0.3 is 10.6 Å². The van der Waals surface area contributed by atoms with Crippen molar-refractivity contribution in [3.05, 3.63) is 29.6 Å². The van der Waals surface area contributed by atoms with E-state index < -0.39 is 0 Å². The average molecular weight is 248 g/mol. The molecule has 2 aliphatic rings. The molecule has 98 valence electrons. The summed E-state index contributed by atoms with van der Waals surface area (Å²) in [6.45, 7) is 3.78. The Labute approximate surface area is 108 Å². The van der Waals surface area contributed by atoms with Crippen molar-refractivity contribution < 1.29 is 4.39 Å². The predicted molar refractivity (Wildman–Crippen MR) is 72.4 cm³/mol. The Kier molecular flexibility index (Phi) is 2.81. The third-order valence-corrected chi connectivity index (χ3v) is 4.43. The van der Waals surface area contributed by atoms with E-state index in [9.17, 15) is 4.39 Å². The molecule has 1 fully saturated rings. The smallest absolute Gasteiger partial charge is 0.129 e. The van der Waals surface area contributed by atoms with Crippen LogP contribution in [0.4, 0.5) is 10.1 Å². The zero-order chi connectivity index (χ0) is 12.8. The molecule has 1 heterocycles. The van der Waals surface area contributed by atoms with Gasteiger partial charge in [-0.3, -0.25) is 0 Å². The normalized spacial score (nSPS) is 22.5. The minimum atomic E-state index is -0.0263. The molecule has 0 bridgehead atoms. The lowest BCUT2D eigenvalue weighted by Gasteiger charge is -2.26. The van der Waals surface area contributed by atoms with Crippen molar-refractivity contribution in [3.63, 3.8) is 0 Å². The zero-order valence-corrected chi connectivity index (χ0v) is 11.0. The number of fused-ring (bicyclic) bond motifs is 2. The van der Waals surface area contributed by atoms with Crippen molar-refractivity contribution in [2.45, 2.75) is 44.1 Å². The van der Waals surface area contributed by atoms with Crippen LogP contribution in [-0.2, 0) is 5.41 Å². The Morgan fingerprint density at radius 2 is 2.11 bits per heavy atom. The molecule has 0 amide bonds. The number of rotatable bonds is 2. The summed E-state index contributed by atoms with van der Waals surface area (Å²) in [6, 6.07) is 5.59. The van der Waals surface area contributed by atoms with E-state index >= 15 is 0 Å². The molecule has 1 aromatic carbocycles. The fraction of sp³-hybridized carbons (Fsp3) is 0.600. The molecule has 1 aliphatic heterocycles. The minimum absolute atomic E-state index is 0.0263. The molecule has 1 aliphatic carbocycles.